The zero-order chi connectivity index (χ0) is 52.8. The summed E-state index contributed by atoms with van der Waals surface area (Å²) in [5.41, 5.74) is 5.35. The maximum Gasteiger partial charge on any atom is 0.187 e. The molecule has 0 radical (unpaired) electrons. The Morgan fingerprint density at radius 3 is 0.845 bits per heavy atom. The van der Waals surface area contributed by atoms with Gasteiger partial charge in [0.15, 0.2) is 37.7 Å². The summed E-state index contributed by atoms with van der Waals surface area (Å²) in [5.74, 6) is 0. The number of ether oxygens (including phenoxy) is 11. The van der Waals surface area contributed by atoms with Gasteiger partial charge < -0.3 is 165 Å². The van der Waals surface area contributed by atoms with Crippen LogP contribution in [0.25, 0.3) is 0 Å². The molecule has 23 N–H and O–H groups in total. The SMILES string of the molecule is NCCOC1OC(CO)C(OC2OC(CO)C(OC3OC(CO)C(O)C(O)C3O)C(O)C2O)C(O)C1O.OCC1OC(OC2C(CO)OC(OC3C(CO)OC(O)C(O)C3O)C(O)C2O)C(O)C(O)C1O. The predicted octanol–water partition coefficient (Wildman–Crippen LogP) is -15.2. The second-order valence-electron chi connectivity index (χ2n) is 17.3. The van der Waals surface area contributed by atoms with E-state index >= 15 is 0 Å². The molecule has 0 aromatic heterocycles. The molecule has 30 unspecified atom stereocenters. The number of hydrogen-bond donors (Lipinski definition) is 22. The smallest absolute Gasteiger partial charge is 0.187 e. The van der Waals surface area contributed by atoms with Gasteiger partial charge in [-0.15, -0.1) is 0 Å². The average molecular weight is 1050 g/mol. The molecule has 6 fully saturated rings. The second kappa shape index (κ2) is 27.1. The Kier molecular flexibility index (Phi) is 23.1. The van der Waals surface area contributed by atoms with Crippen molar-refractivity contribution >= 4 is 0 Å². The fraction of sp³-hybridized carbons (Fsp3) is 1.00. The summed E-state index contributed by atoms with van der Waals surface area (Å²) in [4.78, 5) is 0. The zero-order valence-electron chi connectivity index (χ0n) is 37.4. The maximum absolute atomic E-state index is 10.7. The van der Waals surface area contributed by atoms with Crippen molar-refractivity contribution in [2.24, 2.45) is 5.73 Å². The van der Waals surface area contributed by atoms with Gasteiger partial charge >= 0.3 is 0 Å². The molecule has 6 aliphatic heterocycles. The first kappa shape index (κ1) is 60.5. The summed E-state index contributed by atoms with van der Waals surface area (Å²) in [6.07, 6.45) is -49.3. The van der Waals surface area contributed by atoms with E-state index in [1.54, 1.807) is 0 Å². The lowest BCUT2D eigenvalue weighted by molar-refractivity contribution is -0.379. The van der Waals surface area contributed by atoms with Crippen molar-refractivity contribution in [1.29, 1.82) is 0 Å². The molecular weight excluding hydrogens is 982 g/mol. The molecule has 71 heavy (non-hydrogen) atoms. The van der Waals surface area contributed by atoms with E-state index in [1.165, 1.54) is 0 Å². The summed E-state index contributed by atoms with van der Waals surface area (Å²) < 4.78 is 58.8. The molecule has 6 rings (SSSR count). The van der Waals surface area contributed by atoms with Crippen LogP contribution in [0.1, 0.15) is 0 Å². The van der Waals surface area contributed by atoms with E-state index in [-0.39, 0.29) is 13.2 Å². The first-order chi connectivity index (χ1) is 33.6. The molecule has 33 heteroatoms. The molecular formula is C38H69NO32. The lowest BCUT2D eigenvalue weighted by atomic mass is 9.96. The van der Waals surface area contributed by atoms with E-state index in [4.69, 9.17) is 57.8 Å². The maximum atomic E-state index is 10.7. The molecule has 6 saturated heterocycles. The minimum absolute atomic E-state index is 0.0111. The van der Waals surface area contributed by atoms with Crippen molar-refractivity contribution in [2.45, 2.75) is 184 Å². The highest BCUT2D eigenvalue weighted by Gasteiger charge is 2.56. The third-order valence-electron chi connectivity index (χ3n) is 12.6. The molecule has 6 heterocycles. The molecule has 0 aromatic rings. The van der Waals surface area contributed by atoms with Gasteiger partial charge in [-0.05, 0) is 0 Å². The number of hydrogen-bond acceptors (Lipinski definition) is 33. The van der Waals surface area contributed by atoms with Gasteiger partial charge in [0.2, 0.25) is 0 Å². The lowest BCUT2D eigenvalue weighted by Crippen LogP contribution is -2.66. The van der Waals surface area contributed by atoms with Crippen LogP contribution in [0.4, 0.5) is 0 Å². The van der Waals surface area contributed by atoms with Crippen LogP contribution in [0, 0.1) is 0 Å². The van der Waals surface area contributed by atoms with Crippen LogP contribution in [-0.4, -0.2) is 344 Å². The summed E-state index contributed by atoms with van der Waals surface area (Å²) in [7, 11) is 0. The highest BCUT2D eigenvalue weighted by Crippen LogP contribution is 2.35. The quantitative estimate of drug-likeness (QED) is 0.0643. The molecule has 0 amide bonds. The van der Waals surface area contributed by atoms with E-state index in [1.807, 2.05) is 0 Å². The normalized spacial score (nSPS) is 50.8. The van der Waals surface area contributed by atoms with Crippen LogP contribution in [0.15, 0.2) is 0 Å². The van der Waals surface area contributed by atoms with Gasteiger partial charge in [0, 0.05) is 6.54 Å². The minimum Gasteiger partial charge on any atom is -0.394 e. The van der Waals surface area contributed by atoms with E-state index in [2.05, 4.69) is 0 Å². The first-order valence-electron chi connectivity index (χ1n) is 22.4. The molecule has 33 nitrogen and oxygen atoms in total. The molecule has 0 saturated carbocycles. The minimum atomic E-state index is -1.91. The fourth-order valence-electron chi connectivity index (χ4n) is 8.42. The summed E-state index contributed by atoms with van der Waals surface area (Å²) in [5, 5.41) is 210. The lowest BCUT2D eigenvalue weighted by Gasteiger charge is -2.48. The van der Waals surface area contributed by atoms with Gasteiger partial charge in [-0.3, -0.25) is 0 Å². The van der Waals surface area contributed by atoms with Crippen molar-refractivity contribution in [3.05, 3.63) is 0 Å². The van der Waals surface area contributed by atoms with Gasteiger partial charge in [0.05, 0.1) is 46.2 Å². The van der Waals surface area contributed by atoms with Crippen molar-refractivity contribution in [3.8, 4) is 0 Å². The largest absolute Gasteiger partial charge is 0.394 e. The fourth-order valence-corrected chi connectivity index (χ4v) is 8.42. The molecule has 0 spiro atoms. The van der Waals surface area contributed by atoms with Crippen LogP contribution in [0.3, 0.4) is 0 Å². The van der Waals surface area contributed by atoms with Crippen molar-refractivity contribution in [1.82, 2.24) is 0 Å². The van der Waals surface area contributed by atoms with E-state index in [9.17, 15) is 107 Å². The summed E-state index contributed by atoms with van der Waals surface area (Å²) in [6, 6.07) is 0. The summed E-state index contributed by atoms with van der Waals surface area (Å²) >= 11 is 0. The number of rotatable bonds is 17. The highest BCUT2D eigenvalue weighted by molar-refractivity contribution is 4.98. The standard InChI is InChI=1S/C20H37NO16.C18H32O16/c21-1-2-32-18-14(30)11(27)16(7(4-23)34-18)37-20-15(31)12(28)17(8(5-24)35-20)36-19-13(29)10(26)9(25)6(3-22)33-19;19-1-4-7(22)8(23)12(27)17(31-4)34-15-6(3-21)32-18(13(28)10(15)25)33-14-5(2-20)30-16(29)11(26)9(14)24/h6-20,22-31H,1-5,21H2;4-29H,1-3H2. The molecule has 0 aromatic carbocycles. The monoisotopic (exact) mass is 1050 g/mol. The van der Waals surface area contributed by atoms with Gasteiger partial charge in [-0.1, -0.05) is 0 Å². The van der Waals surface area contributed by atoms with E-state index in [0.29, 0.717) is 0 Å². The van der Waals surface area contributed by atoms with Crippen LogP contribution < -0.4 is 5.73 Å². The Balaban J connectivity index is 0.000000265. The Bertz CT molecular complexity index is 1540. The van der Waals surface area contributed by atoms with Crippen molar-refractivity contribution < 1.29 is 159 Å². The first-order valence-corrected chi connectivity index (χ1v) is 22.4. The van der Waals surface area contributed by atoms with Crippen LogP contribution in [0.5, 0.6) is 0 Å². The van der Waals surface area contributed by atoms with Gasteiger partial charge in [0.25, 0.3) is 0 Å². The van der Waals surface area contributed by atoms with Gasteiger partial charge in [0.1, 0.15) is 146 Å². The molecule has 30 atom stereocenters. The van der Waals surface area contributed by atoms with Crippen LogP contribution in [0.2, 0.25) is 0 Å². The number of aliphatic hydroxyl groups excluding tert-OH is 21. The third kappa shape index (κ3) is 13.4. The van der Waals surface area contributed by atoms with Gasteiger partial charge in [-0.25, -0.2) is 0 Å². The number of aliphatic hydroxyl groups is 21. The van der Waals surface area contributed by atoms with Crippen LogP contribution in [-0.2, 0) is 52.1 Å². The zero-order valence-corrected chi connectivity index (χ0v) is 37.4. The van der Waals surface area contributed by atoms with Crippen molar-refractivity contribution in [3.63, 3.8) is 0 Å². The Morgan fingerprint density at radius 2 is 0.535 bits per heavy atom. The molecule has 6 aliphatic rings. The predicted molar refractivity (Wildman–Crippen MR) is 215 cm³/mol. The Labute approximate surface area is 401 Å². The number of nitrogens with two attached hydrogens (primary N) is 1. The second-order valence-corrected chi connectivity index (χ2v) is 17.3. The Morgan fingerprint density at radius 1 is 0.282 bits per heavy atom. The average Bonchev–Trinajstić information content (AvgIpc) is 3.36. The molecule has 418 valence electrons. The Hall–Kier alpha value is -1.32. The van der Waals surface area contributed by atoms with Crippen LogP contribution >= 0.6 is 0 Å². The highest BCUT2D eigenvalue weighted by atomic mass is 16.8. The van der Waals surface area contributed by atoms with E-state index in [0.717, 1.165) is 0 Å². The summed E-state index contributed by atoms with van der Waals surface area (Å²) in [6.45, 7) is -4.48. The molecule has 0 bridgehead atoms. The van der Waals surface area contributed by atoms with Gasteiger partial charge in [-0.2, -0.15) is 0 Å². The third-order valence-corrected chi connectivity index (χ3v) is 12.6. The molecule has 0 aliphatic carbocycles. The topological polar surface area (TPSA) is 552 Å². The van der Waals surface area contributed by atoms with Crippen molar-refractivity contribution in [2.75, 3.05) is 52.8 Å². The van der Waals surface area contributed by atoms with E-state index < -0.39 is 224 Å².